The number of nitrogens with one attached hydrogen (secondary N) is 1. The fourth-order valence-corrected chi connectivity index (χ4v) is 3.19. The van der Waals surface area contributed by atoms with Crippen molar-refractivity contribution in [2.75, 3.05) is 44.8 Å². The largest absolute Gasteiger partial charge is 0.486 e. The van der Waals surface area contributed by atoms with Crippen molar-refractivity contribution in [3.05, 3.63) is 18.2 Å². The maximum atomic E-state index is 12.3. The van der Waals surface area contributed by atoms with E-state index in [0.29, 0.717) is 26.4 Å². The van der Waals surface area contributed by atoms with Crippen LogP contribution in [-0.4, -0.2) is 56.4 Å². The third-order valence-electron chi connectivity index (χ3n) is 4.55. The third kappa shape index (κ3) is 5.01. The van der Waals surface area contributed by atoms with Crippen LogP contribution in [-0.2, 0) is 9.53 Å². The molecule has 1 aromatic carbocycles. The Balaban J connectivity index is 1.50. The molecule has 0 radical (unpaired) electrons. The predicted molar refractivity (Wildman–Crippen MR) is 96.4 cm³/mol. The Bertz CT molecular complexity index is 579. The number of hydrogen-bond acceptors (Lipinski definition) is 5. The number of benzene rings is 1. The highest BCUT2D eigenvalue weighted by molar-refractivity contribution is 5.77. The summed E-state index contributed by atoms with van der Waals surface area (Å²) in [7, 11) is 0. The molecule has 0 unspecified atom stereocenters. The lowest BCUT2D eigenvalue weighted by atomic mass is 10.1. The van der Waals surface area contributed by atoms with E-state index in [1.165, 1.54) is 0 Å². The molecule has 1 aromatic rings. The summed E-state index contributed by atoms with van der Waals surface area (Å²) in [6.45, 7) is 5.68. The van der Waals surface area contributed by atoms with E-state index in [-0.39, 0.29) is 18.6 Å². The van der Waals surface area contributed by atoms with Gasteiger partial charge in [-0.3, -0.25) is 4.79 Å². The van der Waals surface area contributed by atoms with Crippen LogP contribution in [0.1, 0.15) is 32.6 Å². The summed E-state index contributed by atoms with van der Waals surface area (Å²) in [4.78, 5) is 14.2. The number of anilines is 1. The molecule has 0 saturated carbocycles. The normalized spacial score (nSPS) is 19.6. The highest BCUT2D eigenvalue weighted by Gasteiger charge is 2.24. The molecule has 0 aliphatic carbocycles. The second-order valence-corrected chi connectivity index (χ2v) is 6.59. The molecule has 0 aromatic heterocycles. The topological polar surface area (TPSA) is 60.0 Å². The van der Waals surface area contributed by atoms with Gasteiger partial charge < -0.3 is 24.4 Å². The fourth-order valence-electron chi connectivity index (χ4n) is 3.19. The van der Waals surface area contributed by atoms with E-state index in [2.05, 4.69) is 12.2 Å². The summed E-state index contributed by atoms with van der Waals surface area (Å²) in [5, 5.41) is 3.52. The summed E-state index contributed by atoms with van der Waals surface area (Å²) in [5.74, 6) is 1.66. The minimum atomic E-state index is 0.0878. The van der Waals surface area contributed by atoms with Crippen molar-refractivity contribution in [3.8, 4) is 11.5 Å². The number of hydrogen-bond donors (Lipinski definition) is 1. The van der Waals surface area contributed by atoms with Crippen molar-refractivity contribution in [1.82, 2.24) is 4.90 Å². The predicted octanol–water partition coefficient (Wildman–Crippen LogP) is 2.68. The number of unbranched alkanes of at least 4 members (excludes halogenated alkanes) is 1. The molecule has 0 spiro atoms. The zero-order chi connectivity index (χ0) is 17.5. The summed E-state index contributed by atoms with van der Waals surface area (Å²) >= 11 is 0. The molecule has 6 heteroatoms. The van der Waals surface area contributed by atoms with E-state index in [4.69, 9.17) is 14.2 Å². The van der Waals surface area contributed by atoms with Gasteiger partial charge in [0.25, 0.3) is 0 Å². The van der Waals surface area contributed by atoms with Crippen molar-refractivity contribution < 1.29 is 19.0 Å². The molecule has 1 saturated heterocycles. The lowest BCUT2D eigenvalue weighted by Gasteiger charge is -2.34. The maximum absolute atomic E-state index is 12.3. The molecule has 2 aliphatic heterocycles. The number of nitrogens with zero attached hydrogens (tertiary/aromatic N) is 1. The molecule has 25 heavy (non-hydrogen) atoms. The number of likely N-dealkylation sites (tertiary alicyclic amines) is 1. The Labute approximate surface area is 149 Å². The Hall–Kier alpha value is -1.95. The molecule has 138 valence electrons. The average molecular weight is 348 g/mol. The van der Waals surface area contributed by atoms with Gasteiger partial charge in [0.2, 0.25) is 5.91 Å². The van der Waals surface area contributed by atoms with E-state index >= 15 is 0 Å². The molecule has 0 bridgehead atoms. The molecule has 1 atom stereocenters. The SMILES string of the molecule is CCCCOCC(=O)N1CCC[C@H](Nc2ccc3c(c2)OCCO3)C1. The van der Waals surface area contributed by atoms with E-state index in [0.717, 1.165) is 49.4 Å². The number of piperidine rings is 1. The lowest BCUT2D eigenvalue weighted by molar-refractivity contribution is -0.137. The van der Waals surface area contributed by atoms with Crippen LogP contribution in [0.5, 0.6) is 11.5 Å². The number of carbonyl (C=O) groups excluding carboxylic acids is 1. The van der Waals surface area contributed by atoms with Gasteiger partial charge in [0.1, 0.15) is 19.8 Å². The average Bonchev–Trinajstić information content (AvgIpc) is 2.65. The molecule has 2 aliphatic rings. The monoisotopic (exact) mass is 348 g/mol. The Morgan fingerprint density at radius 2 is 2.16 bits per heavy atom. The number of rotatable bonds is 7. The summed E-state index contributed by atoms with van der Waals surface area (Å²) in [6.07, 6.45) is 4.14. The highest BCUT2D eigenvalue weighted by Crippen LogP contribution is 2.33. The number of fused-ring (bicyclic) bond motifs is 1. The van der Waals surface area contributed by atoms with Gasteiger partial charge in [-0.1, -0.05) is 13.3 Å². The van der Waals surface area contributed by atoms with Gasteiger partial charge in [-0.25, -0.2) is 0 Å². The van der Waals surface area contributed by atoms with E-state index in [1.54, 1.807) is 0 Å². The molecular formula is C19H28N2O4. The van der Waals surface area contributed by atoms with Gasteiger partial charge in [0, 0.05) is 37.5 Å². The number of carbonyl (C=O) groups is 1. The van der Waals surface area contributed by atoms with Gasteiger partial charge >= 0.3 is 0 Å². The molecule has 3 rings (SSSR count). The van der Waals surface area contributed by atoms with Crippen molar-refractivity contribution in [3.63, 3.8) is 0 Å². The van der Waals surface area contributed by atoms with Crippen LogP contribution >= 0.6 is 0 Å². The van der Waals surface area contributed by atoms with E-state index in [9.17, 15) is 4.79 Å². The minimum Gasteiger partial charge on any atom is -0.486 e. The van der Waals surface area contributed by atoms with Gasteiger partial charge in [0.05, 0.1) is 0 Å². The van der Waals surface area contributed by atoms with Crippen LogP contribution in [0, 0.1) is 0 Å². The van der Waals surface area contributed by atoms with Crippen LogP contribution < -0.4 is 14.8 Å². The Kier molecular flexibility index (Phi) is 6.39. The van der Waals surface area contributed by atoms with Crippen molar-refractivity contribution in [1.29, 1.82) is 0 Å². The molecule has 6 nitrogen and oxygen atoms in total. The Morgan fingerprint density at radius 3 is 3.00 bits per heavy atom. The second kappa shape index (κ2) is 8.94. The van der Waals surface area contributed by atoms with Gasteiger partial charge in [-0.15, -0.1) is 0 Å². The van der Waals surface area contributed by atoms with Crippen molar-refractivity contribution >= 4 is 11.6 Å². The molecule has 2 heterocycles. The lowest BCUT2D eigenvalue weighted by Crippen LogP contribution is -2.46. The van der Waals surface area contributed by atoms with Crippen LogP contribution in [0.4, 0.5) is 5.69 Å². The molecule has 1 N–H and O–H groups in total. The maximum Gasteiger partial charge on any atom is 0.248 e. The summed E-state index contributed by atoms with van der Waals surface area (Å²) < 4.78 is 16.6. The third-order valence-corrected chi connectivity index (χ3v) is 4.55. The smallest absolute Gasteiger partial charge is 0.248 e. The van der Waals surface area contributed by atoms with Crippen LogP contribution in [0.25, 0.3) is 0 Å². The molecule has 1 fully saturated rings. The van der Waals surface area contributed by atoms with Crippen LogP contribution in [0.2, 0.25) is 0 Å². The van der Waals surface area contributed by atoms with Gasteiger partial charge in [-0.2, -0.15) is 0 Å². The van der Waals surface area contributed by atoms with Crippen LogP contribution in [0.3, 0.4) is 0 Å². The molecule has 1 amide bonds. The van der Waals surface area contributed by atoms with Crippen LogP contribution in [0.15, 0.2) is 18.2 Å². The highest BCUT2D eigenvalue weighted by atomic mass is 16.6. The van der Waals surface area contributed by atoms with E-state index in [1.807, 2.05) is 23.1 Å². The summed E-state index contributed by atoms with van der Waals surface area (Å²) in [6, 6.07) is 6.16. The molecular weight excluding hydrogens is 320 g/mol. The first-order valence-corrected chi connectivity index (χ1v) is 9.28. The first-order valence-electron chi connectivity index (χ1n) is 9.28. The van der Waals surface area contributed by atoms with E-state index < -0.39 is 0 Å². The number of amides is 1. The zero-order valence-electron chi connectivity index (χ0n) is 15.0. The first kappa shape index (κ1) is 17.9. The first-order chi connectivity index (χ1) is 12.3. The standard InChI is InChI=1S/C19H28N2O4/c1-2-3-9-23-14-19(22)21-8-4-5-16(13-21)20-15-6-7-17-18(12-15)25-11-10-24-17/h6-7,12,16,20H,2-5,8-11,13-14H2,1H3/t16-/m0/s1. The van der Waals surface area contributed by atoms with Crippen molar-refractivity contribution in [2.45, 2.75) is 38.6 Å². The van der Waals surface area contributed by atoms with Crippen molar-refractivity contribution in [2.24, 2.45) is 0 Å². The number of ether oxygens (including phenoxy) is 3. The fraction of sp³-hybridized carbons (Fsp3) is 0.632. The second-order valence-electron chi connectivity index (χ2n) is 6.59. The minimum absolute atomic E-state index is 0.0878. The van der Waals surface area contributed by atoms with Gasteiger partial charge in [-0.05, 0) is 31.4 Å². The Morgan fingerprint density at radius 1 is 1.32 bits per heavy atom. The van der Waals surface area contributed by atoms with Gasteiger partial charge in [0.15, 0.2) is 11.5 Å². The quantitative estimate of drug-likeness (QED) is 0.768. The zero-order valence-corrected chi connectivity index (χ0v) is 15.0. The summed E-state index contributed by atoms with van der Waals surface area (Å²) in [5.41, 5.74) is 1.00.